The molecule has 3 aromatic rings. The first-order chi connectivity index (χ1) is 12.4. The number of nitrogens with one attached hydrogen (secondary N) is 1. The van der Waals surface area contributed by atoms with Crippen molar-refractivity contribution in [2.75, 3.05) is 19.0 Å². The predicted molar refractivity (Wildman–Crippen MR) is 94.5 cm³/mol. The third-order valence-electron chi connectivity index (χ3n) is 4.46. The number of fused-ring (bicyclic) bond motifs is 1. The van der Waals surface area contributed by atoms with Crippen LogP contribution in [0.4, 0.5) is 5.82 Å². The van der Waals surface area contributed by atoms with Gasteiger partial charge in [-0.3, -0.25) is 4.57 Å². The van der Waals surface area contributed by atoms with E-state index in [2.05, 4.69) is 20.3 Å². The van der Waals surface area contributed by atoms with E-state index in [1.807, 2.05) is 28.8 Å². The van der Waals surface area contributed by atoms with Gasteiger partial charge in [-0.2, -0.15) is 0 Å². The van der Waals surface area contributed by atoms with Crippen LogP contribution in [0.1, 0.15) is 31.1 Å². The van der Waals surface area contributed by atoms with Crippen molar-refractivity contribution in [1.29, 1.82) is 0 Å². The molecule has 1 aliphatic rings. The second kappa shape index (κ2) is 7.06. The van der Waals surface area contributed by atoms with Crippen molar-refractivity contribution in [3.8, 4) is 5.75 Å². The Morgan fingerprint density at radius 2 is 2.16 bits per heavy atom. The molecule has 0 aliphatic carbocycles. The van der Waals surface area contributed by atoms with Crippen molar-refractivity contribution >= 4 is 17.0 Å². The molecule has 3 heterocycles. The summed E-state index contributed by atoms with van der Waals surface area (Å²) in [7, 11) is 1.67. The molecule has 0 bridgehead atoms. The molecule has 1 unspecified atom stereocenters. The molecule has 7 nitrogen and oxygen atoms in total. The lowest BCUT2D eigenvalue weighted by Gasteiger charge is -2.23. The second-order valence-corrected chi connectivity index (χ2v) is 6.03. The summed E-state index contributed by atoms with van der Waals surface area (Å²) >= 11 is 0. The first kappa shape index (κ1) is 15.8. The van der Waals surface area contributed by atoms with Crippen LogP contribution in [0.3, 0.4) is 0 Å². The first-order valence-corrected chi connectivity index (χ1v) is 8.51. The fourth-order valence-corrected chi connectivity index (χ4v) is 3.16. The fourth-order valence-electron chi connectivity index (χ4n) is 3.16. The predicted octanol–water partition coefficient (Wildman–Crippen LogP) is 3.15. The van der Waals surface area contributed by atoms with Crippen molar-refractivity contribution in [3.05, 3.63) is 42.5 Å². The number of aromatic nitrogens is 4. The average molecular weight is 339 g/mol. The third-order valence-corrected chi connectivity index (χ3v) is 4.46. The van der Waals surface area contributed by atoms with E-state index in [4.69, 9.17) is 9.47 Å². The number of anilines is 1. The number of nitrogens with zero attached hydrogens (tertiary/aromatic N) is 4. The van der Waals surface area contributed by atoms with Crippen LogP contribution in [0, 0.1) is 0 Å². The number of benzene rings is 1. The number of para-hydroxylation sites is 1. The van der Waals surface area contributed by atoms with Gasteiger partial charge in [-0.1, -0.05) is 18.2 Å². The van der Waals surface area contributed by atoms with Crippen molar-refractivity contribution in [2.45, 2.75) is 32.0 Å². The Morgan fingerprint density at radius 3 is 3.00 bits per heavy atom. The fraction of sp³-hybridized carbons (Fsp3) is 0.389. The molecule has 25 heavy (non-hydrogen) atoms. The van der Waals surface area contributed by atoms with Gasteiger partial charge < -0.3 is 14.8 Å². The monoisotopic (exact) mass is 339 g/mol. The van der Waals surface area contributed by atoms with Crippen molar-refractivity contribution in [3.63, 3.8) is 0 Å². The van der Waals surface area contributed by atoms with E-state index in [1.54, 1.807) is 19.8 Å². The summed E-state index contributed by atoms with van der Waals surface area (Å²) in [4.78, 5) is 13.3. The molecule has 1 saturated heterocycles. The van der Waals surface area contributed by atoms with Crippen molar-refractivity contribution in [2.24, 2.45) is 0 Å². The van der Waals surface area contributed by atoms with E-state index in [9.17, 15) is 0 Å². The third kappa shape index (κ3) is 3.15. The largest absolute Gasteiger partial charge is 0.496 e. The number of methoxy groups -OCH3 is 1. The van der Waals surface area contributed by atoms with Gasteiger partial charge in [-0.05, 0) is 25.3 Å². The molecule has 1 aliphatic heterocycles. The summed E-state index contributed by atoms with van der Waals surface area (Å²) in [6.07, 6.45) is 6.63. The zero-order valence-corrected chi connectivity index (χ0v) is 14.2. The normalized spacial score (nSPS) is 17.6. The maximum absolute atomic E-state index is 5.86. The lowest BCUT2D eigenvalue weighted by atomic mass is 10.2. The van der Waals surface area contributed by atoms with Gasteiger partial charge in [-0.15, -0.1) is 0 Å². The second-order valence-electron chi connectivity index (χ2n) is 6.03. The van der Waals surface area contributed by atoms with E-state index >= 15 is 0 Å². The van der Waals surface area contributed by atoms with Gasteiger partial charge in [0.15, 0.2) is 17.0 Å². The van der Waals surface area contributed by atoms with Gasteiger partial charge in [0.05, 0.1) is 13.4 Å². The van der Waals surface area contributed by atoms with Crippen molar-refractivity contribution < 1.29 is 9.47 Å². The Morgan fingerprint density at radius 1 is 1.24 bits per heavy atom. The average Bonchev–Trinajstić information content (AvgIpc) is 3.12. The van der Waals surface area contributed by atoms with Crippen LogP contribution < -0.4 is 10.1 Å². The minimum Gasteiger partial charge on any atom is -0.496 e. The molecule has 0 saturated carbocycles. The minimum atomic E-state index is 0.00992. The maximum atomic E-state index is 5.86. The Kier molecular flexibility index (Phi) is 4.47. The highest BCUT2D eigenvalue weighted by molar-refractivity contribution is 5.82. The summed E-state index contributed by atoms with van der Waals surface area (Å²) in [5, 5.41) is 3.35. The Labute approximate surface area is 146 Å². The summed E-state index contributed by atoms with van der Waals surface area (Å²) in [5.74, 6) is 1.56. The molecule has 130 valence electrons. The van der Waals surface area contributed by atoms with E-state index in [0.29, 0.717) is 12.4 Å². The molecule has 1 atom stereocenters. The lowest BCUT2D eigenvalue weighted by molar-refractivity contribution is -0.0298. The molecular weight excluding hydrogens is 318 g/mol. The maximum Gasteiger partial charge on any atom is 0.167 e. The topological polar surface area (TPSA) is 74.1 Å². The van der Waals surface area contributed by atoms with Gasteiger partial charge in [0.2, 0.25) is 0 Å². The van der Waals surface area contributed by atoms with Crippen LogP contribution in [-0.4, -0.2) is 33.2 Å². The van der Waals surface area contributed by atoms with Gasteiger partial charge >= 0.3 is 0 Å². The van der Waals surface area contributed by atoms with E-state index in [1.165, 1.54) is 0 Å². The summed E-state index contributed by atoms with van der Waals surface area (Å²) < 4.78 is 13.3. The van der Waals surface area contributed by atoms with E-state index in [-0.39, 0.29) is 6.23 Å². The van der Waals surface area contributed by atoms with Gasteiger partial charge in [0.25, 0.3) is 0 Å². The van der Waals surface area contributed by atoms with Crippen LogP contribution in [0.5, 0.6) is 5.75 Å². The number of hydrogen-bond donors (Lipinski definition) is 1. The Hall–Kier alpha value is -2.67. The van der Waals surface area contributed by atoms with Crippen LogP contribution >= 0.6 is 0 Å². The quantitative estimate of drug-likeness (QED) is 0.770. The molecule has 1 N–H and O–H groups in total. The highest BCUT2D eigenvalue weighted by atomic mass is 16.5. The van der Waals surface area contributed by atoms with E-state index in [0.717, 1.165) is 48.3 Å². The number of rotatable bonds is 5. The summed E-state index contributed by atoms with van der Waals surface area (Å²) in [6.45, 7) is 1.39. The van der Waals surface area contributed by atoms with E-state index < -0.39 is 0 Å². The van der Waals surface area contributed by atoms with Crippen LogP contribution in [0.15, 0.2) is 36.9 Å². The molecule has 7 heteroatoms. The van der Waals surface area contributed by atoms with Crippen molar-refractivity contribution in [1.82, 2.24) is 19.5 Å². The molecule has 4 rings (SSSR count). The summed E-state index contributed by atoms with van der Waals surface area (Å²) in [6, 6.07) is 7.92. The van der Waals surface area contributed by atoms with Crippen LogP contribution in [0.25, 0.3) is 11.2 Å². The smallest absolute Gasteiger partial charge is 0.167 e. The Bertz CT molecular complexity index is 858. The standard InChI is InChI=1S/C18H21N5O2/c1-24-14-7-3-2-6-13(14)10-19-17-16-18(21-11-20-17)23(12-22-16)15-8-4-5-9-25-15/h2-3,6-7,11-12,15H,4-5,8-10H2,1H3,(H,19,20,21). The SMILES string of the molecule is COc1ccccc1CNc1ncnc2c1ncn2C1CCCCO1. The molecule has 1 aromatic carbocycles. The highest BCUT2D eigenvalue weighted by Gasteiger charge is 2.20. The van der Waals surface area contributed by atoms with Crippen LogP contribution in [-0.2, 0) is 11.3 Å². The lowest BCUT2D eigenvalue weighted by Crippen LogP contribution is -2.17. The zero-order chi connectivity index (χ0) is 17.1. The van der Waals surface area contributed by atoms with Gasteiger partial charge in [-0.25, -0.2) is 15.0 Å². The first-order valence-electron chi connectivity index (χ1n) is 8.51. The number of hydrogen-bond acceptors (Lipinski definition) is 6. The van der Waals surface area contributed by atoms with Gasteiger partial charge in [0.1, 0.15) is 18.3 Å². The molecular formula is C18H21N5O2. The van der Waals surface area contributed by atoms with Gasteiger partial charge in [0, 0.05) is 18.7 Å². The highest BCUT2D eigenvalue weighted by Crippen LogP contribution is 2.27. The Balaban J connectivity index is 1.59. The zero-order valence-electron chi connectivity index (χ0n) is 14.2. The summed E-state index contributed by atoms with van der Waals surface area (Å²) in [5.41, 5.74) is 2.61. The molecule has 1 fully saturated rings. The molecule has 2 aromatic heterocycles. The number of imidazole rings is 1. The molecule has 0 spiro atoms. The number of ether oxygens (including phenoxy) is 2. The minimum absolute atomic E-state index is 0.00992. The molecule has 0 radical (unpaired) electrons. The molecule has 0 amide bonds. The van der Waals surface area contributed by atoms with Crippen LogP contribution in [0.2, 0.25) is 0 Å².